The molecule has 1 saturated carbocycles. The van der Waals surface area contributed by atoms with E-state index in [2.05, 4.69) is 0 Å². The van der Waals surface area contributed by atoms with Gasteiger partial charge in [0.25, 0.3) is 0 Å². The monoisotopic (exact) mass is 300 g/mol. The number of aryl methyl sites for hydroxylation is 1. The summed E-state index contributed by atoms with van der Waals surface area (Å²) in [5.41, 5.74) is 2.08. The number of anilines is 1. The quantitative estimate of drug-likeness (QED) is 0.842. The molecule has 1 heterocycles. The number of nitrogens with zero attached hydrogens (tertiary/aromatic N) is 2. The molecule has 1 aromatic carbocycles. The highest BCUT2D eigenvalue weighted by molar-refractivity contribution is 6.00. The predicted molar refractivity (Wildman–Crippen MR) is 86.7 cm³/mol. The third-order valence-corrected chi connectivity index (χ3v) is 4.96. The third-order valence-electron chi connectivity index (χ3n) is 4.96. The van der Waals surface area contributed by atoms with Crippen molar-refractivity contribution in [2.45, 2.75) is 45.6 Å². The Balaban J connectivity index is 1.74. The molecule has 0 unspecified atom stereocenters. The van der Waals surface area contributed by atoms with Gasteiger partial charge in [-0.25, -0.2) is 0 Å². The van der Waals surface area contributed by atoms with E-state index in [1.165, 1.54) is 0 Å². The van der Waals surface area contributed by atoms with Crippen LogP contribution in [0.5, 0.6) is 0 Å². The number of benzene rings is 1. The van der Waals surface area contributed by atoms with Gasteiger partial charge in [-0.05, 0) is 44.4 Å². The lowest BCUT2D eigenvalue weighted by molar-refractivity contribution is -0.143. The zero-order valence-corrected chi connectivity index (χ0v) is 13.4. The van der Waals surface area contributed by atoms with Crippen LogP contribution in [0.25, 0.3) is 0 Å². The van der Waals surface area contributed by atoms with Gasteiger partial charge in [0.15, 0.2) is 0 Å². The van der Waals surface area contributed by atoms with Crippen LogP contribution in [-0.4, -0.2) is 35.8 Å². The first-order valence-corrected chi connectivity index (χ1v) is 8.26. The molecule has 4 nitrogen and oxygen atoms in total. The Hall–Kier alpha value is -1.84. The Kier molecular flexibility index (Phi) is 4.19. The zero-order chi connectivity index (χ0) is 15.7. The molecule has 0 spiro atoms. The first-order valence-electron chi connectivity index (χ1n) is 8.26. The van der Waals surface area contributed by atoms with E-state index in [-0.39, 0.29) is 23.8 Å². The summed E-state index contributed by atoms with van der Waals surface area (Å²) < 4.78 is 0. The minimum absolute atomic E-state index is 0.0307. The molecular formula is C18H24N2O2. The Morgan fingerprint density at radius 1 is 1.18 bits per heavy atom. The standard InChI is InChI=1S/C18H24N2O2/c1-13-6-5-9-16(12-13)20-11-10-19(14(2)17(20)21)18(22)15-7-3-4-8-15/h5-6,9,12,14-15H,3-4,7-8,10-11H2,1-2H3/t14-/m0/s1. The van der Waals surface area contributed by atoms with E-state index >= 15 is 0 Å². The molecule has 1 aromatic rings. The molecule has 1 saturated heterocycles. The topological polar surface area (TPSA) is 40.6 Å². The second-order valence-corrected chi connectivity index (χ2v) is 6.52. The van der Waals surface area contributed by atoms with Crippen molar-refractivity contribution in [3.05, 3.63) is 29.8 Å². The SMILES string of the molecule is Cc1cccc(N2CCN(C(=O)C3CCCC3)[C@@H](C)C2=O)c1. The summed E-state index contributed by atoms with van der Waals surface area (Å²) >= 11 is 0. The average Bonchev–Trinajstić information content (AvgIpc) is 3.03. The van der Waals surface area contributed by atoms with Crippen LogP contribution in [-0.2, 0) is 9.59 Å². The summed E-state index contributed by atoms with van der Waals surface area (Å²) in [7, 11) is 0. The molecular weight excluding hydrogens is 276 g/mol. The van der Waals surface area contributed by atoms with Gasteiger partial charge in [-0.2, -0.15) is 0 Å². The van der Waals surface area contributed by atoms with E-state index in [1.54, 1.807) is 4.90 Å². The zero-order valence-electron chi connectivity index (χ0n) is 13.4. The van der Waals surface area contributed by atoms with Gasteiger partial charge >= 0.3 is 0 Å². The first kappa shape index (κ1) is 15.1. The fraction of sp³-hybridized carbons (Fsp3) is 0.556. The second-order valence-electron chi connectivity index (χ2n) is 6.52. The summed E-state index contributed by atoms with van der Waals surface area (Å²) in [6.45, 7) is 5.11. The highest BCUT2D eigenvalue weighted by Gasteiger charge is 2.38. The van der Waals surface area contributed by atoms with E-state index in [4.69, 9.17) is 0 Å². The molecule has 118 valence electrons. The normalized spacial score (nSPS) is 23.2. The van der Waals surface area contributed by atoms with Gasteiger partial charge in [-0.15, -0.1) is 0 Å². The average molecular weight is 300 g/mol. The maximum Gasteiger partial charge on any atom is 0.249 e. The molecule has 0 N–H and O–H groups in total. The molecule has 0 bridgehead atoms. The Morgan fingerprint density at radius 3 is 2.59 bits per heavy atom. The van der Waals surface area contributed by atoms with Crippen LogP contribution < -0.4 is 4.90 Å². The molecule has 2 amide bonds. The molecule has 0 radical (unpaired) electrons. The second kappa shape index (κ2) is 6.11. The lowest BCUT2D eigenvalue weighted by Gasteiger charge is -2.40. The van der Waals surface area contributed by atoms with Gasteiger partial charge in [-0.3, -0.25) is 9.59 Å². The van der Waals surface area contributed by atoms with Gasteiger partial charge < -0.3 is 9.80 Å². The van der Waals surface area contributed by atoms with E-state index in [1.807, 2.05) is 43.0 Å². The van der Waals surface area contributed by atoms with Crippen LogP contribution in [0.3, 0.4) is 0 Å². The molecule has 2 fully saturated rings. The number of carbonyl (C=O) groups excluding carboxylic acids is 2. The van der Waals surface area contributed by atoms with Gasteiger partial charge in [-0.1, -0.05) is 25.0 Å². The van der Waals surface area contributed by atoms with Crippen molar-refractivity contribution in [1.82, 2.24) is 4.90 Å². The van der Waals surface area contributed by atoms with Crippen molar-refractivity contribution in [1.29, 1.82) is 0 Å². The molecule has 0 aromatic heterocycles. The van der Waals surface area contributed by atoms with Crippen molar-refractivity contribution in [3.63, 3.8) is 0 Å². The maximum absolute atomic E-state index is 12.7. The minimum atomic E-state index is -0.359. The molecule has 1 aliphatic heterocycles. The number of rotatable bonds is 2. The fourth-order valence-electron chi connectivity index (χ4n) is 3.63. The lowest BCUT2D eigenvalue weighted by Crippen LogP contribution is -2.58. The molecule has 1 atom stereocenters. The summed E-state index contributed by atoms with van der Waals surface area (Å²) in [6.07, 6.45) is 4.25. The molecule has 4 heteroatoms. The van der Waals surface area contributed by atoms with Gasteiger partial charge in [0.1, 0.15) is 6.04 Å². The summed E-state index contributed by atoms with van der Waals surface area (Å²) in [5.74, 6) is 0.353. The smallest absolute Gasteiger partial charge is 0.249 e. The van der Waals surface area contributed by atoms with Crippen molar-refractivity contribution >= 4 is 17.5 Å². The van der Waals surface area contributed by atoms with E-state index in [0.29, 0.717) is 13.1 Å². The number of hydrogen-bond donors (Lipinski definition) is 0. The number of amides is 2. The lowest BCUT2D eigenvalue weighted by atomic mass is 10.0. The molecule has 22 heavy (non-hydrogen) atoms. The highest BCUT2D eigenvalue weighted by Crippen LogP contribution is 2.29. The Bertz CT molecular complexity index is 578. The largest absolute Gasteiger partial charge is 0.329 e. The van der Waals surface area contributed by atoms with Gasteiger partial charge in [0, 0.05) is 24.7 Å². The fourth-order valence-corrected chi connectivity index (χ4v) is 3.63. The van der Waals surface area contributed by atoms with Crippen LogP contribution in [0.15, 0.2) is 24.3 Å². The first-order chi connectivity index (χ1) is 10.6. The third kappa shape index (κ3) is 2.74. The highest BCUT2D eigenvalue weighted by atomic mass is 16.2. The Morgan fingerprint density at radius 2 is 1.91 bits per heavy atom. The van der Waals surface area contributed by atoms with Crippen molar-refractivity contribution in [2.75, 3.05) is 18.0 Å². The van der Waals surface area contributed by atoms with E-state index < -0.39 is 0 Å². The minimum Gasteiger partial charge on any atom is -0.329 e. The summed E-state index contributed by atoms with van der Waals surface area (Å²) in [4.78, 5) is 28.9. The number of hydrogen-bond acceptors (Lipinski definition) is 2. The van der Waals surface area contributed by atoms with Crippen molar-refractivity contribution in [2.24, 2.45) is 5.92 Å². The summed E-state index contributed by atoms with van der Waals surface area (Å²) in [6, 6.07) is 7.63. The number of piperazine rings is 1. The van der Waals surface area contributed by atoms with E-state index in [0.717, 1.165) is 36.9 Å². The van der Waals surface area contributed by atoms with Crippen molar-refractivity contribution < 1.29 is 9.59 Å². The van der Waals surface area contributed by atoms with E-state index in [9.17, 15) is 9.59 Å². The van der Waals surface area contributed by atoms with Crippen LogP contribution in [0, 0.1) is 12.8 Å². The Labute approximate surface area is 132 Å². The van der Waals surface area contributed by atoms with Gasteiger partial charge in [0.2, 0.25) is 11.8 Å². The maximum atomic E-state index is 12.7. The van der Waals surface area contributed by atoms with Crippen LogP contribution in [0.2, 0.25) is 0 Å². The molecule has 2 aliphatic rings. The predicted octanol–water partition coefficient (Wildman–Crippen LogP) is 2.75. The number of carbonyl (C=O) groups is 2. The van der Waals surface area contributed by atoms with Crippen molar-refractivity contribution in [3.8, 4) is 0 Å². The van der Waals surface area contributed by atoms with Crippen LogP contribution in [0.4, 0.5) is 5.69 Å². The van der Waals surface area contributed by atoms with Crippen LogP contribution >= 0.6 is 0 Å². The molecule has 1 aliphatic carbocycles. The van der Waals surface area contributed by atoms with Crippen LogP contribution in [0.1, 0.15) is 38.2 Å². The summed E-state index contributed by atoms with van der Waals surface area (Å²) in [5, 5.41) is 0. The molecule has 3 rings (SSSR count). The van der Waals surface area contributed by atoms with Gasteiger partial charge in [0.05, 0.1) is 0 Å².